The van der Waals surface area contributed by atoms with Crippen LogP contribution < -0.4 is 5.32 Å². The summed E-state index contributed by atoms with van der Waals surface area (Å²) >= 11 is 0. The highest BCUT2D eigenvalue weighted by atomic mass is 16.5. The van der Waals surface area contributed by atoms with Gasteiger partial charge in [-0.3, -0.25) is 0 Å². The van der Waals surface area contributed by atoms with E-state index in [-0.39, 0.29) is 0 Å². The van der Waals surface area contributed by atoms with Gasteiger partial charge in [-0.2, -0.15) is 0 Å². The zero-order valence-electron chi connectivity index (χ0n) is 10.0. The molecule has 0 bridgehead atoms. The molecule has 0 unspecified atom stereocenters. The minimum absolute atomic E-state index is 0.638. The average molecular weight is 219 g/mol. The monoisotopic (exact) mass is 219 g/mol. The van der Waals surface area contributed by atoms with Crippen LogP contribution in [0.25, 0.3) is 0 Å². The first-order valence-electron chi connectivity index (χ1n) is 6.27. The molecule has 1 aromatic rings. The summed E-state index contributed by atoms with van der Waals surface area (Å²) in [6, 6.07) is 9.48. The Kier molecular flexibility index (Phi) is 4.37. The maximum atomic E-state index is 5.35. The Morgan fingerprint density at radius 1 is 1.25 bits per heavy atom. The number of benzene rings is 1. The summed E-state index contributed by atoms with van der Waals surface area (Å²) < 4.78 is 5.35. The summed E-state index contributed by atoms with van der Waals surface area (Å²) in [5.74, 6) is 0. The van der Waals surface area contributed by atoms with E-state index in [0.29, 0.717) is 6.04 Å². The minimum atomic E-state index is 0.638. The number of hydrogen-bond donors (Lipinski definition) is 1. The zero-order valence-corrected chi connectivity index (χ0v) is 10.0. The number of hydrogen-bond acceptors (Lipinski definition) is 2. The van der Waals surface area contributed by atoms with Crippen LogP contribution in [0.4, 0.5) is 0 Å². The van der Waals surface area contributed by atoms with Crippen molar-refractivity contribution in [3.05, 3.63) is 35.4 Å². The third-order valence-electron chi connectivity index (χ3n) is 3.22. The van der Waals surface area contributed by atoms with Gasteiger partial charge < -0.3 is 10.1 Å². The van der Waals surface area contributed by atoms with Crippen molar-refractivity contribution in [2.24, 2.45) is 0 Å². The Bertz CT molecular complexity index is 318. The number of aryl methyl sites for hydroxylation is 1. The molecular weight excluding hydrogens is 198 g/mol. The van der Waals surface area contributed by atoms with Crippen molar-refractivity contribution in [3.8, 4) is 0 Å². The van der Waals surface area contributed by atoms with Gasteiger partial charge >= 0.3 is 0 Å². The molecule has 1 fully saturated rings. The molecule has 0 atom stereocenters. The van der Waals surface area contributed by atoms with Gasteiger partial charge in [-0.05, 0) is 30.4 Å². The minimum Gasteiger partial charge on any atom is -0.381 e. The largest absolute Gasteiger partial charge is 0.381 e. The lowest BCUT2D eigenvalue weighted by Gasteiger charge is -2.23. The molecule has 1 heterocycles. The van der Waals surface area contributed by atoms with Crippen LogP contribution in [0, 0.1) is 0 Å². The zero-order chi connectivity index (χ0) is 11.2. The molecule has 2 heteroatoms. The first kappa shape index (κ1) is 11.6. The van der Waals surface area contributed by atoms with Gasteiger partial charge in [-0.25, -0.2) is 0 Å². The molecule has 0 aliphatic carbocycles. The normalized spacial score (nSPS) is 17.6. The Labute approximate surface area is 98.0 Å². The molecule has 16 heavy (non-hydrogen) atoms. The lowest BCUT2D eigenvalue weighted by molar-refractivity contribution is 0.0776. The standard InChI is InChI=1S/C14H21NO/c1-2-12-4-3-5-13(10-12)11-15-14-6-8-16-9-7-14/h3-5,10,14-15H,2,6-9,11H2,1H3. The van der Waals surface area contributed by atoms with Crippen LogP contribution in [0.3, 0.4) is 0 Å². The van der Waals surface area contributed by atoms with Gasteiger partial charge in [-0.1, -0.05) is 31.2 Å². The summed E-state index contributed by atoms with van der Waals surface area (Å²) in [6.45, 7) is 5.00. The van der Waals surface area contributed by atoms with Crippen LogP contribution in [0.15, 0.2) is 24.3 Å². The number of nitrogens with one attached hydrogen (secondary N) is 1. The SMILES string of the molecule is CCc1cccc(CNC2CCOCC2)c1. The third kappa shape index (κ3) is 3.32. The summed E-state index contributed by atoms with van der Waals surface area (Å²) in [4.78, 5) is 0. The van der Waals surface area contributed by atoms with Gasteiger partial charge in [-0.15, -0.1) is 0 Å². The molecule has 0 aromatic heterocycles. The summed E-state index contributed by atoms with van der Waals surface area (Å²) in [6.07, 6.45) is 3.41. The molecule has 2 rings (SSSR count). The van der Waals surface area contributed by atoms with Crippen molar-refractivity contribution in [2.45, 2.75) is 38.8 Å². The van der Waals surface area contributed by atoms with Gasteiger partial charge in [0.25, 0.3) is 0 Å². The highest BCUT2D eigenvalue weighted by molar-refractivity contribution is 5.23. The van der Waals surface area contributed by atoms with Crippen LogP contribution in [0.2, 0.25) is 0 Å². The predicted molar refractivity (Wildman–Crippen MR) is 66.5 cm³/mol. The van der Waals surface area contributed by atoms with E-state index in [9.17, 15) is 0 Å². The van der Waals surface area contributed by atoms with E-state index in [1.807, 2.05) is 0 Å². The van der Waals surface area contributed by atoms with E-state index >= 15 is 0 Å². The Hall–Kier alpha value is -0.860. The van der Waals surface area contributed by atoms with Crippen molar-refractivity contribution < 1.29 is 4.74 Å². The van der Waals surface area contributed by atoms with Gasteiger partial charge in [0.15, 0.2) is 0 Å². The van der Waals surface area contributed by atoms with E-state index in [0.717, 1.165) is 39.0 Å². The van der Waals surface area contributed by atoms with Gasteiger partial charge in [0.2, 0.25) is 0 Å². The van der Waals surface area contributed by atoms with Crippen LogP contribution in [0.5, 0.6) is 0 Å². The van der Waals surface area contributed by atoms with Crippen molar-refractivity contribution in [1.82, 2.24) is 5.32 Å². The van der Waals surface area contributed by atoms with Crippen LogP contribution in [0.1, 0.15) is 30.9 Å². The lowest BCUT2D eigenvalue weighted by Crippen LogP contribution is -2.34. The van der Waals surface area contributed by atoms with Crippen molar-refractivity contribution in [2.75, 3.05) is 13.2 Å². The van der Waals surface area contributed by atoms with Crippen LogP contribution in [-0.4, -0.2) is 19.3 Å². The van der Waals surface area contributed by atoms with Gasteiger partial charge in [0.1, 0.15) is 0 Å². The highest BCUT2D eigenvalue weighted by Gasteiger charge is 2.12. The van der Waals surface area contributed by atoms with Gasteiger partial charge in [0.05, 0.1) is 0 Å². The van der Waals surface area contributed by atoms with Crippen molar-refractivity contribution in [3.63, 3.8) is 0 Å². The number of rotatable bonds is 4. The summed E-state index contributed by atoms with van der Waals surface area (Å²) in [5.41, 5.74) is 2.82. The van der Waals surface area contributed by atoms with E-state index in [2.05, 4.69) is 36.5 Å². The smallest absolute Gasteiger partial charge is 0.0480 e. The summed E-state index contributed by atoms with van der Waals surface area (Å²) in [5, 5.41) is 3.61. The second-order valence-corrected chi connectivity index (χ2v) is 4.44. The molecule has 0 saturated carbocycles. The molecule has 1 saturated heterocycles. The molecule has 0 amide bonds. The topological polar surface area (TPSA) is 21.3 Å². The Balaban J connectivity index is 1.83. The molecule has 1 aliphatic heterocycles. The Morgan fingerprint density at radius 2 is 2.00 bits per heavy atom. The first-order valence-corrected chi connectivity index (χ1v) is 6.27. The fourth-order valence-electron chi connectivity index (χ4n) is 2.12. The first-order chi connectivity index (χ1) is 7.88. The average Bonchev–Trinajstić information content (AvgIpc) is 2.38. The van der Waals surface area contributed by atoms with E-state index in [1.54, 1.807) is 0 Å². The highest BCUT2D eigenvalue weighted by Crippen LogP contribution is 2.09. The fourth-order valence-corrected chi connectivity index (χ4v) is 2.12. The number of ether oxygens (including phenoxy) is 1. The predicted octanol–water partition coefficient (Wildman–Crippen LogP) is 2.52. The summed E-state index contributed by atoms with van der Waals surface area (Å²) in [7, 11) is 0. The maximum Gasteiger partial charge on any atom is 0.0480 e. The van der Waals surface area contributed by atoms with Gasteiger partial charge in [0, 0.05) is 25.8 Å². The maximum absolute atomic E-state index is 5.35. The quantitative estimate of drug-likeness (QED) is 0.840. The molecule has 1 aromatic carbocycles. The van der Waals surface area contributed by atoms with E-state index in [1.165, 1.54) is 11.1 Å². The molecule has 0 spiro atoms. The van der Waals surface area contributed by atoms with E-state index in [4.69, 9.17) is 4.74 Å². The van der Waals surface area contributed by atoms with E-state index < -0.39 is 0 Å². The molecular formula is C14H21NO. The van der Waals surface area contributed by atoms with Crippen LogP contribution in [-0.2, 0) is 17.7 Å². The molecule has 0 radical (unpaired) electrons. The van der Waals surface area contributed by atoms with Crippen LogP contribution >= 0.6 is 0 Å². The third-order valence-corrected chi connectivity index (χ3v) is 3.22. The second-order valence-electron chi connectivity index (χ2n) is 4.44. The fraction of sp³-hybridized carbons (Fsp3) is 0.571. The van der Waals surface area contributed by atoms with Crippen molar-refractivity contribution in [1.29, 1.82) is 0 Å². The molecule has 2 nitrogen and oxygen atoms in total. The van der Waals surface area contributed by atoms with Crippen molar-refractivity contribution >= 4 is 0 Å². The molecule has 88 valence electrons. The molecule has 1 N–H and O–H groups in total. The Morgan fingerprint density at radius 3 is 2.75 bits per heavy atom. The molecule has 1 aliphatic rings. The lowest BCUT2D eigenvalue weighted by atomic mass is 10.1. The second kappa shape index (κ2) is 6.02.